The van der Waals surface area contributed by atoms with Crippen LogP contribution in [0, 0.1) is 5.92 Å². The normalized spacial score (nSPS) is 18.6. The number of nitrogens with one attached hydrogen (secondary N) is 2. The first-order chi connectivity index (χ1) is 12.2. The minimum absolute atomic E-state index is 0.499. The van der Waals surface area contributed by atoms with Gasteiger partial charge in [0.25, 0.3) is 0 Å². The van der Waals surface area contributed by atoms with Gasteiger partial charge in [-0.2, -0.15) is 0 Å². The van der Waals surface area contributed by atoms with Crippen LogP contribution < -0.4 is 5.32 Å². The minimum atomic E-state index is 0.499. The number of likely N-dealkylation sites (tertiary alicyclic amines) is 1. The number of aromatic amines is 1. The maximum absolute atomic E-state index is 6.28. The lowest BCUT2D eigenvalue weighted by Gasteiger charge is -2.29. The van der Waals surface area contributed by atoms with Crippen LogP contribution in [0.3, 0.4) is 0 Å². The van der Waals surface area contributed by atoms with Gasteiger partial charge >= 0.3 is 0 Å². The fourth-order valence-corrected chi connectivity index (χ4v) is 3.84. The first-order valence-electron chi connectivity index (χ1n) is 8.71. The lowest BCUT2D eigenvalue weighted by atomic mass is 9.98. The standard InChI is InChI=1S/C19H22ClN5/c1-25-7-3-4-13(12-25)10-22-18-9-14(8-17(20)24-18)16-11-23-19-15(16)5-2-6-21-19/h2,5-6,8-9,11,13H,3-4,7,10,12H2,1H3,(H,21,23)(H,22,24). The van der Waals surface area contributed by atoms with Crippen molar-refractivity contribution in [2.45, 2.75) is 12.8 Å². The summed E-state index contributed by atoms with van der Waals surface area (Å²) in [6, 6.07) is 7.97. The van der Waals surface area contributed by atoms with Gasteiger partial charge in [0, 0.05) is 36.4 Å². The topological polar surface area (TPSA) is 56.8 Å². The van der Waals surface area contributed by atoms with E-state index in [4.69, 9.17) is 11.6 Å². The molecule has 1 fully saturated rings. The van der Waals surface area contributed by atoms with E-state index in [-0.39, 0.29) is 0 Å². The van der Waals surface area contributed by atoms with Crippen LogP contribution in [-0.4, -0.2) is 46.5 Å². The van der Waals surface area contributed by atoms with Gasteiger partial charge in [-0.1, -0.05) is 11.6 Å². The fourth-order valence-electron chi connectivity index (χ4n) is 3.63. The van der Waals surface area contributed by atoms with Crippen molar-refractivity contribution in [3.05, 3.63) is 41.8 Å². The van der Waals surface area contributed by atoms with Crippen LogP contribution >= 0.6 is 11.6 Å². The Kier molecular flexibility index (Phi) is 4.59. The predicted molar refractivity (Wildman–Crippen MR) is 103 cm³/mol. The molecule has 1 atom stereocenters. The van der Waals surface area contributed by atoms with Gasteiger partial charge in [0.2, 0.25) is 0 Å². The summed E-state index contributed by atoms with van der Waals surface area (Å²) in [5.74, 6) is 1.48. The van der Waals surface area contributed by atoms with Crippen molar-refractivity contribution < 1.29 is 0 Å². The number of hydrogen-bond acceptors (Lipinski definition) is 4. The van der Waals surface area contributed by atoms with E-state index in [2.05, 4.69) is 44.3 Å². The van der Waals surface area contributed by atoms with E-state index in [1.165, 1.54) is 19.4 Å². The molecule has 1 aliphatic rings. The zero-order valence-corrected chi connectivity index (χ0v) is 15.1. The van der Waals surface area contributed by atoms with Gasteiger partial charge in [-0.05, 0) is 62.2 Å². The molecule has 5 nitrogen and oxygen atoms in total. The van der Waals surface area contributed by atoms with Gasteiger partial charge in [-0.25, -0.2) is 9.97 Å². The van der Waals surface area contributed by atoms with Crippen molar-refractivity contribution in [1.29, 1.82) is 0 Å². The molecule has 1 unspecified atom stereocenters. The first kappa shape index (κ1) is 16.4. The zero-order chi connectivity index (χ0) is 17.2. The number of piperidine rings is 1. The van der Waals surface area contributed by atoms with E-state index in [9.17, 15) is 0 Å². The third-order valence-corrected chi connectivity index (χ3v) is 5.04. The number of H-pyrrole nitrogens is 1. The van der Waals surface area contributed by atoms with E-state index in [1.807, 2.05) is 18.3 Å². The second-order valence-corrected chi connectivity index (χ2v) is 7.20. The summed E-state index contributed by atoms with van der Waals surface area (Å²) >= 11 is 6.28. The molecule has 0 radical (unpaired) electrons. The average molecular weight is 356 g/mol. The molecule has 130 valence electrons. The third kappa shape index (κ3) is 3.62. The molecule has 4 rings (SSSR count). The van der Waals surface area contributed by atoms with Crippen LogP contribution in [0.1, 0.15) is 12.8 Å². The Morgan fingerprint density at radius 3 is 3.20 bits per heavy atom. The van der Waals surface area contributed by atoms with Gasteiger partial charge in [-0.3, -0.25) is 0 Å². The first-order valence-corrected chi connectivity index (χ1v) is 9.09. The second-order valence-electron chi connectivity index (χ2n) is 6.82. The Morgan fingerprint density at radius 1 is 1.40 bits per heavy atom. The average Bonchev–Trinajstić information content (AvgIpc) is 3.04. The smallest absolute Gasteiger partial charge is 0.137 e. The monoisotopic (exact) mass is 355 g/mol. The molecule has 1 aliphatic heterocycles. The molecular weight excluding hydrogens is 334 g/mol. The Balaban J connectivity index is 1.56. The van der Waals surface area contributed by atoms with Gasteiger partial charge in [0.1, 0.15) is 16.6 Å². The molecule has 0 saturated carbocycles. The van der Waals surface area contributed by atoms with Crippen molar-refractivity contribution in [2.75, 3.05) is 32.0 Å². The van der Waals surface area contributed by atoms with Crippen LogP contribution in [0.2, 0.25) is 5.15 Å². The molecule has 0 aromatic carbocycles. The van der Waals surface area contributed by atoms with Crippen LogP contribution in [0.15, 0.2) is 36.7 Å². The van der Waals surface area contributed by atoms with E-state index in [0.717, 1.165) is 41.1 Å². The van der Waals surface area contributed by atoms with Crippen LogP contribution in [0.5, 0.6) is 0 Å². The molecule has 25 heavy (non-hydrogen) atoms. The molecule has 3 aromatic heterocycles. The molecule has 1 saturated heterocycles. The van der Waals surface area contributed by atoms with Gasteiger partial charge in [0.05, 0.1) is 0 Å². The van der Waals surface area contributed by atoms with Gasteiger partial charge < -0.3 is 15.2 Å². The van der Waals surface area contributed by atoms with Crippen molar-refractivity contribution in [2.24, 2.45) is 5.92 Å². The third-order valence-electron chi connectivity index (χ3n) is 4.85. The highest BCUT2D eigenvalue weighted by Gasteiger charge is 2.17. The molecule has 0 spiro atoms. The van der Waals surface area contributed by atoms with Crippen molar-refractivity contribution >= 4 is 28.5 Å². The quantitative estimate of drug-likeness (QED) is 0.694. The number of pyridine rings is 2. The summed E-state index contributed by atoms with van der Waals surface area (Å²) < 4.78 is 0. The van der Waals surface area contributed by atoms with Crippen molar-refractivity contribution in [3.8, 4) is 11.1 Å². The maximum atomic E-state index is 6.28. The SMILES string of the molecule is CN1CCCC(CNc2cc(-c3c[nH]c4ncccc34)cc(Cl)n2)C1. The van der Waals surface area contributed by atoms with E-state index in [0.29, 0.717) is 11.1 Å². The van der Waals surface area contributed by atoms with Crippen LogP contribution in [0.25, 0.3) is 22.2 Å². The summed E-state index contributed by atoms with van der Waals surface area (Å²) in [7, 11) is 2.19. The van der Waals surface area contributed by atoms with Crippen LogP contribution in [0.4, 0.5) is 5.82 Å². The van der Waals surface area contributed by atoms with E-state index in [1.54, 1.807) is 6.20 Å². The van der Waals surface area contributed by atoms with E-state index < -0.39 is 0 Å². The van der Waals surface area contributed by atoms with Crippen molar-refractivity contribution in [3.63, 3.8) is 0 Å². The second kappa shape index (κ2) is 7.02. The molecule has 0 amide bonds. The Labute approximate surface area is 152 Å². The summed E-state index contributed by atoms with van der Waals surface area (Å²) in [5, 5.41) is 5.06. The number of fused-ring (bicyclic) bond motifs is 1. The highest BCUT2D eigenvalue weighted by Crippen LogP contribution is 2.30. The summed E-state index contributed by atoms with van der Waals surface area (Å²) in [6.07, 6.45) is 6.29. The molecular formula is C19H22ClN5. The van der Waals surface area contributed by atoms with Gasteiger partial charge in [-0.15, -0.1) is 0 Å². The zero-order valence-electron chi connectivity index (χ0n) is 14.3. The number of aromatic nitrogens is 3. The predicted octanol–water partition coefficient (Wildman–Crippen LogP) is 4.03. The van der Waals surface area contributed by atoms with Crippen LogP contribution in [-0.2, 0) is 0 Å². The molecule has 0 bridgehead atoms. The highest BCUT2D eigenvalue weighted by molar-refractivity contribution is 6.29. The summed E-state index contributed by atoms with van der Waals surface area (Å²) in [6.45, 7) is 3.26. The molecule has 0 aliphatic carbocycles. The maximum Gasteiger partial charge on any atom is 0.137 e. The Bertz CT molecular complexity index is 875. The summed E-state index contributed by atoms with van der Waals surface area (Å²) in [4.78, 5) is 14.4. The van der Waals surface area contributed by atoms with E-state index >= 15 is 0 Å². The Hall–Kier alpha value is -2.11. The Morgan fingerprint density at radius 2 is 2.32 bits per heavy atom. The highest BCUT2D eigenvalue weighted by atomic mass is 35.5. The van der Waals surface area contributed by atoms with Gasteiger partial charge in [0.15, 0.2) is 0 Å². The molecule has 4 heterocycles. The number of rotatable bonds is 4. The van der Waals surface area contributed by atoms with Crippen molar-refractivity contribution in [1.82, 2.24) is 19.9 Å². The molecule has 3 aromatic rings. The lowest BCUT2D eigenvalue weighted by Crippen LogP contribution is -2.35. The number of anilines is 1. The number of nitrogens with zero attached hydrogens (tertiary/aromatic N) is 3. The lowest BCUT2D eigenvalue weighted by molar-refractivity contribution is 0.217. The molecule has 6 heteroatoms. The minimum Gasteiger partial charge on any atom is -0.370 e. The summed E-state index contributed by atoms with van der Waals surface area (Å²) in [5.41, 5.74) is 3.01. The number of hydrogen-bond donors (Lipinski definition) is 2. The molecule has 2 N–H and O–H groups in total. The largest absolute Gasteiger partial charge is 0.370 e. The number of halogens is 1. The fraction of sp³-hybridized carbons (Fsp3) is 0.368.